The second-order valence-electron chi connectivity index (χ2n) is 7.85. The number of carbonyl (C=O) groups excluding carboxylic acids is 1. The summed E-state index contributed by atoms with van der Waals surface area (Å²) in [6.07, 6.45) is 6.21. The zero-order chi connectivity index (χ0) is 14.5. The van der Waals surface area contributed by atoms with E-state index in [1.165, 1.54) is 0 Å². The molecule has 1 saturated heterocycles. The molecule has 1 heterocycles. The highest BCUT2D eigenvalue weighted by molar-refractivity contribution is 6.11. The van der Waals surface area contributed by atoms with Gasteiger partial charge in [-0.3, -0.25) is 4.79 Å². The molecule has 0 aromatic carbocycles. The fourth-order valence-electron chi connectivity index (χ4n) is 2.83. The molecule has 1 aliphatic heterocycles. The topological polar surface area (TPSA) is 26.3 Å². The lowest BCUT2D eigenvalue weighted by molar-refractivity contribution is -0.114. The Labute approximate surface area is 116 Å². The molecule has 2 aliphatic rings. The molecule has 0 aromatic heterocycles. The molecule has 2 rings (SSSR count). The lowest BCUT2D eigenvalue weighted by atomic mass is 9.69. The van der Waals surface area contributed by atoms with Crippen LogP contribution in [0.2, 0.25) is 0 Å². The highest BCUT2D eigenvalue weighted by Crippen LogP contribution is 2.44. The van der Waals surface area contributed by atoms with Gasteiger partial charge in [-0.1, -0.05) is 41.5 Å². The molecule has 106 valence electrons. The molecule has 2 heteroatoms. The molecule has 1 fully saturated rings. The minimum atomic E-state index is -0.334. The number of hydrogen-bond acceptors (Lipinski definition) is 2. The fourth-order valence-corrected chi connectivity index (χ4v) is 2.83. The van der Waals surface area contributed by atoms with E-state index in [9.17, 15) is 4.79 Å². The van der Waals surface area contributed by atoms with Gasteiger partial charge in [0.25, 0.3) is 0 Å². The summed E-state index contributed by atoms with van der Waals surface area (Å²) in [6, 6.07) is 0. The van der Waals surface area contributed by atoms with E-state index in [4.69, 9.17) is 4.74 Å². The van der Waals surface area contributed by atoms with Gasteiger partial charge in [0.15, 0.2) is 5.78 Å². The Morgan fingerprint density at radius 1 is 1.00 bits per heavy atom. The first-order chi connectivity index (χ1) is 8.55. The maximum Gasteiger partial charge on any atom is 0.185 e. The van der Waals surface area contributed by atoms with E-state index in [1.807, 2.05) is 0 Å². The van der Waals surface area contributed by atoms with E-state index in [0.717, 1.165) is 30.6 Å². The highest BCUT2D eigenvalue weighted by atomic mass is 16.5. The van der Waals surface area contributed by atoms with Crippen LogP contribution in [0.25, 0.3) is 0 Å². The van der Waals surface area contributed by atoms with Crippen LogP contribution < -0.4 is 0 Å². The first-order valence-corrected chi connectivity index (χ1v) is 7.21. The van der Waals surface area contributed by atoms with Crippen LogP contribution in [0, 0.1) is 10.8 Å². The van der Waals surface area contributed by atoms with Crippen molar-refractivity contribution >= 4 is 5.78 Å². The summed E-state index contributed by atoms with van der Waals surface area (Å²) in [5.74, 6) is 0.195. The van der Waals surface area contributed by atoms with Crippen LogP contribution in [0.5, 0.6) is 0 Å². The van der Waals surface area contributed by atoms with Crippen LogP contribution in [0.3, 0.4) is 0 Å². The van der Waals surface area contributed by atoms with Crippen molar-refractivity contribution in [1.82, 2.24) is 0 Å². The number of hydrogen-bond donors (Lipinski definition) is 0. The average Bonchev–Trinajstić information content (AvgIpc) is 2.67. The number of allylic oxidation sites excluding steroid dienone is 2. The minimum absolute atomic E-state index is 0.138. The fraction of sp³-hybridized carbons (Fsp3) is 0.706. The van der Waals surface area contributed by atoms with Crippen LogP contribution in [-0.4, -0.2) is 18.0 Å². The van der Waals surface area contributed by atoms with Gasteiger partial charge in [0.2, 0.25) is 0 Å². The molecule has 0 amide bonds. The van der Waals surface area contributed by atoms with Crippen molar-refractivity contribution in [2.24, 2.45) is 10.8 Å². The maximum absolute atomic E-state index is 12.8. The van der Waals surface area contributed by atoms with E-state index in [0.29, 0.717) is 0 Å². The molecule has 0 aromatic rings. The maximum atomic E-state index is 12.8. The third kappa shape index (κ3) is 2.69. The smallest absolute Gasteiger partial charge is 0.185 e. The summed E-state index contributed by atoms with van der Waals surface area (Å²) < 4.78 is 5.98. The SMILES string of the molecule is CC(C)(C)C1=CC2(C=C(C(C)(C)C)C1=O)CCCO2. The minimum Gasteiger partial charge on any atom is -0.367 e. The Bertz CT molecular complexity index is 411. The van der Waals surface area contributed by atoms with Crippen LogP contribution in [0.4, 0.5) is 0 Å². The van der Waals surface area contributed by atoms with Crippen molar-refractivity contribution in [1.29, 1.82) is 0 Å². The van der Waals surface area contributed by atoms with Gasteiger partial charge in [-0.15, -0.1) is 0 Å². The number of carbonyl (C=O) groups is 1. The highest BCUT2D eigenvalue weighted by Gasteiger charge is 2.42. The van der Waals surface area contributed by atoms with Gasteiger partial charge in [-0.05, 0) is 35.8 Å². The molecule has 0 N–H and O–H groups in total. The predicted octanol–water partition coefficient (Wildman–Crippen LogP) is 4.06. The van der Waals surface area contributed by atoms with Crippen molar-refractivity contribution in [3.8, 4) is 0 Å². The van der Waals surface area contributed by atoms with Crippen molar-refractivity contribution in [2.75, 3.05) is 6.61 Å². The predicted molar refractivity (Wildman–Crippen MR) is 78.0 cm³/mol. The molecule has 0 atom stereocenters. The zero-order valence-corrected chi connectivity index (χ0v) is 13.1. The Morgan fingerprint density at radius 3 is 1.79 bits per heavy atom. The van der Waals surface area contributed by atoms with Crippen molar-refractivity contribution < 1.29 is 9.53 Å². The molecule has 0 unspecified atom stereocenters. The molecule has 0 bridgehead atoms. The molecule has 19 heavy (non-hydrogen) atoms. The van der Waals surface area contributed by atoms with Gasteiger partial charge in [0, 0.05) is 17.8 Å². The number of rotatable bonds is 0. The summed E-state index contributed by atoms with van der Waals surface area (Å²) in [5, 5.41) is 0. The summed E-state index contributed by atoms with van der Waals surface area (Å²) >= 11 is 0. The van der Waals surface area contributed by atoms with Gasteiger partial charge in [0.05, 0.1) is 0 Å². The number of Topliss-reactive ketones (excluding diaryl/α,β-unsaturated/α-hetero) is 1. The summed E-state index contributed by atoms with van der Waals surface area (Å²) in [4.78, 5) is 12.8. The zero-order valence-electron chi connectivity index (χ0n) is 13.1. The monoisotopic (exact) mass is 262 g/mol. The molecule has 0 saturated carbocycles. The summed E-state index contributed by atoms with van der Waals surface area (Å²) in [5.41, 5.74) is 1.20. The van der Waals surface area contributed by atoms with Crippen LogP contribution in [0.15, 0.2) is 23.3 Å². The third-order valence-corrected chi connectivity index (χ3v) is 3.97. The first kappa shape index (κ1) is 14.5. The largest absolute Gasteiger partial charge is 0.367 e. The molecule has 0 radical (unpaired) electrons. The van der Waals surface area contributed by atoms with Crippen molar-refractivity contribution in [3.05, 3.63) is 23.3 Å². The van der Waals surface area contributed by atoms with Crippen LogP contribution in [0.1, 0.15) is 54.4 Å². The molecule has 2 nitrogen and oxygen atoms in total. The van der Waals surface area contributed by atoms with Gasteiger partial charge in [-0.25, -0.2) is 0 Å². The molecular formula is C17H26O2. The Morgan fingerprint density at radius 2 is 1.47 bits per heavy atom. The van der Waals surface area contributed by atoms with Crippen molar-refractivity contribution in [3.63, 3.8) is 0 Å². The van der Waals surface area contributed by atoms with Crippen LogP contribution in [-0.2, 0) is 9.53 Å². The van der Waals surface area contributed by atoms with Gasteiger partial charge in [0.1, 0.15) is 5.60 Å². The summed E-state index contributed by atoms with van der Waals surface area (Å²) in [6.45, 7) is 13.4. The normalized spacial score (nSPS) is 23.6. The van der Waals surface area contributed by atoms with E-state index in [1.54, 1.807) is 0 Å². The Balaban J connectivity index is 2.54. The lowest BCUT2D eigenvalue weighted by Crippen LogP contribution is -2.36. The van der Waals surface area contributed by atoms with Gasteiger partial charge >= 0.3 is 0 Å². The Hall–Kier alpha value is -0.890. The standard InChI is InChI=1S/C17H26O2/c1-15(2,3)12-10-17(8-7-9-19-17)11-13(14(12)18)16(4,5)6/h10-11H,7-9H2,1-6H3. The van der Waals surface area contributed by atoms with E-state index in [-0.39, 0.29) is 22.2 Å². The number of ether oxygens (including phenoxy) is 1. The van der Waals surface area contributed by atoms with E-state index in [2.05, 4.69) is 53.7 Å². The Kier molecular flexibility index (Phi) is 3.29. The molecule has 1 spiro atoms. The first-order valence-electron chi connectivity index (χ1n) is 7.21. The van der Waals surface area contributed by atoms with Crippen molar-refractivity contribution in [2.45, 2.75) is 60.0 Å². The van der Waals surface area contributed by atoms with E-state index >= 15 is 0 Å². The quantitative estimate of drug-likeness (QED) is 0.658. The molecular weight excluding hydrogens is 236 g/mol. The van der Waals surface area contributed by atoms with E-state index < -0.39 is 0 Å². The van der Waals surface area contributed by atoms with Crippen LogP contribution >= 0.6 is 0 Å². The third-order valence-electron chi connectivity index (χ3n) is 3.97. The number of ketones is 1. The van der Waals surface area contributed by atoms with Gasteiger partial charge < -0.3 is 4.74 Å². The lowest BCUT2D eigenvalue weighted by Gasteiger charge is -2.36. The summed E-state index contributed by atoms with van der Waals surface area (Å²) in [7, 11) is 0. The van der Waals surface area contributed by atoms with Gasteiger partial charge in [-0.2, -0.15) is 0 Å². The molecule has 1 aliphatic carbocycles. The second kappa shape index (κ2) is 4.31. The average molecular weight is 262 g/mol. The second-order valence-corrected chi connectivity index (χ2v) is 7.85.